The van der Waals surface area contributed by atoms with Gasteiger partial charge in [-0.15, -0.1) is 0 Å². The molecule has 0 unspecified atom stereocenters. The molecule has 8 rings (SSSR count). The van der Waals surface area contributed by atoms with Crippen LogP contribution in [0.4, 0.5) is 17.1 Å². The van der Waals surface area contributed by atoms with Crippen LogP contribution in [0.5, 0.6) is 0 Å². The van der Waals surface area contributed by atoms with Crippen molar-refractivity contribution in [2.45, 2.75) is 0 Å². The van der Waals surface area contributed by atoms with Crippen LogP contribution in [0.3, 0.4) is 0 Å². The molecule has 4 heteroatoms. The lowest BCUT2D eigenvalue weighted by molar-refractivity contribution is 1.13. The molecule has 3 aromatic heterocycles. The zero-order valence-electron chi connectivity index (χ0n) is 21.6. The highest BCUT2D eigenvalue weighted by Gasteiger charge is 2.31. The molecule has 0 bridgehead atoms. The van der Waals surface area contributed by atoms with Gasteiger partial charge < -0.3 is 9.47 Å². The van der Waals surface area contributed by atoms with Gasteiger partial charge in [0.15, 0.2) is 0 Å². The van der Waals surface area contributed by atoms with Gasteiger partial charge in [0.25, 0.3) is 0 Å². The summed E-state index contributed by atoms with van der Waals surface area (Å²) < 4.78 is 2.41. The van der Waals surface area contributed by atoms with Crippen LogP contribution in [-0.2, 0) is 0 Å². The van der Waals surface area contributed by atoms with Crippen LogP contribution in [0.2, 0.25) is 0 Å². The molecule has 0 atom stereocenters. The van der Waals surface area contributed by atoms with Gasteiger partial charge in [-0.3, -0.25) is 9.97 Å². The van der Waals surface area contributed by atoms with Crippen LogP contribution in [0.1, 0.15) is 0 Å². The average molecular weight is 513 g/mol. The maximum absolute atomic E-state index is 4.84. The second kappa shape index (κ2) is 9.07. The van der Waals surface area contributed by atoms with E-state index in [1.165, 1.54) is 33.3 Å². The molecule has 0 amide bonds. The Kier molecular flexibility index (Phi) is 5.10. The standard InChI is InChI=1S/C36H24N4/c1-2-12-25(13-3-1)40-33-19-8-5-15-28(33)35-27-14-4-7-18-32(27)39(34-20-9-6-16-29(34)36(35)40)26-21-22-31(38-24-26)30-17-10-11-23-37-30/h1-24H. The Hall–Kier alpha value is -5.48. The smallest absolute Gasteiger partial charge is 0.0887 e. The number of anilines is 3. The van der Waals surface area contributed by atoms with E-state index in [0.29, 0.717) is 0 Å². The lowest BCUT2D eigenvalue weighted by atomic mass is 9.98. The zero-order chi connectivity index (χ0) is 26.5. The summed E-state index contributed by atoms with van der Waals surface area (Å²) in [5.41, 5.74) is 12.1. The Bertz CT molecular complexity index is 1990. The van der Waals surface area contributed by atoms with Gasteiger partial charge >= 0.3 is 0 Å². The van der Waals surface area contributed by atoms with Crippen LogP contribution in [0.25, 0.3) is 50.4 Å². The van der Waals surface area contributed by atoms with Gasteiger partial charge in [-0.2, -0.15) is 0 Å². The SMILES string of the molecule is c1ccc(-n2c3c(c4ccccc42)-c2ccccc2N(c2ccc(-c4ccccn4)nc2)c2ccccc2-3)cc1. The van der Waals surface area contributed by atoms with E-state index in [2.05, 4.69) is 130 Å². The van der Waals surface area contributed by atoms with Crippen LogP contribution >= 0.6 is 0 Å². The fourth-order valence-corrected chi connectivity index (χ4v) is 5.95. The molecule has 1 aliphatic heterocycles. The van der Waals surface area contributed by atoms with E-state index in [1.54, 1.807) is 6.20 Å². The number of rotatable bonds is 3. The highest BCUT2D eigenvalue weighted by Crippen LogP contribution is 2.54. The third-order valence-electron chi connectivity index (χ3n) is 7.64. The van der Waals surface area contributed by atoms with E-state index in [0.717, 1.165) is 34.1 Å². The molecule has 4 heterocycles. The molecule has 4 aromatic carbocycles. The van der Waals surface area contributed by atoms with Gasteiger partial charge in [0, 0.05) is 34.0 Å². The van der Waals surface area contributed by atoms with E-state index in [9.17, 15) is 0 Å². The fourth-order valence-electron chi connectivity index (χ4n) is 5.95. The lowest BCUT2D eigenvalue weighted by Crippen LogP contribution is -2.11. The molecule has 1 aliphatic rings. The predicted molar refractivity (Wildman–Crippen MR) is 163 cm³/mol. The zero-order valence-corrected chi connectivity index (χ0v) is 21.6. The van der Waals surface area contributed by atoms with Gasteiger partial charge in [0.05, 0.1) is 45.9 Å². The van der Waals surface area contributed by atoms with Crippen LogP contribution in [-0.4, -0.2) is 14.5 Å². The Morgan fingerprint density at radius 2 is 1.15 bits per heavy atom. The van der Waals surface area contributed by atoms with Crippen LogP contribution in [0, 0.1) is 0 Å². The molecule has 4 nitrogen and oxygen atoms in total. The van der Waals surface area contributed by atoms with Crippen molar-refractivity contribution in [2.75, 3.05) is 4.90 Å². The van der Waals surface area contributed by atoms with Crippen molar-refractivity contribution >= 4 is 28.0 Å². The predicted octanol–water partition coefficient (Wildman–Crippen LogP) is 9.20. The number of hydrogen-bond donors (Lipinski definition) is 0. The molecular weight excluding hydrogens is 488 g/mol. The first-order valence-electron chi connectivity index (χ1n) is 13.4. The first-order chi connectivity index (χ1) is 19.9. The minimum Gasteiger partial charge on any atom is -0.309 e. The summed E-state index contributed by atoms with van der Waals surface area (Å²) in [5, 5.41) is 1.23. The first-order valence-corrected chi connectivity index (χ1v) is 13.4. The quantitative estimate of drug-likeness (QED) is 0.237. The van der Waals surface area contributed by atoms with Crippen molar-refractivity contribution in [2.24, 2.45) is 0 Å². The molecule has 0 radical (unpaired) electrons. The van der Waals surface area contributed by atoms with E-state index in [1.807, 2.05) is 24.4 Å². The molecule has 0 fully saturated rings. The molecule has 40 heavy (non-hydrogen) atoms. The Morgan fingerprint density at radius 3 is 1.93 bits per heavy atom. The average Bonchev–Trinajstić information content (AvgIpc) is 3.31. The second-order valence-electron chi connectivity index (χ2n) is 9.90. The molecule has 0 saturated heterocycles. The molecule has 188 valence electrons. The molecule has 0 spiro atoms. The van der Waals surface area contributed by atoms with Gasteiger partial charge in [-0.1, -0.05) is 78.9 Å². The maximum atomic E-state index is 4.84. The number of benzene rings is 4. The van der Waals surface area contributed by atoms with Crippen molar-refractivity contribution in [1.82, 2.24) is 14.5 Å². The first kappa shape index (κ1) is 22.5. The lowest BCUT2D eigenvalue weighted by Gasteiger charge is -2.27. The molecule has 0 N–H and O–H groups in total. The van der Waals surface area contributed by atoms with Crippen LogP contribution in [0.15, 0.2) is 146 Å². The largest absolute Gasteiger partial charge is 0.309 e. The fraction of sp³-hybridized carbons (Fsp3) is 0. The number of aromatic nitrogens is 3. The van der Waals surface area contributed by atoms with E-state index in [4.69, 9.17) is 4.98 Å². The summed E-state index contributed by atoms with van der Waals surface area (Å²) in [5.74, 6) is 0. The number of fused-ring (bicyclic) bond motifs is 7. The molecule has 0 saturated carbocycles. The third kappa shape index (κ3) is 3.40. The normalized spacial score (nSPS) is 11.9. The van der Waals surface area contributed by atoms with Gasteiger partial charge in [0.1, 0.15) is 0 Å². The summed E-state index contributed by atoms with van der Waals surface area (Å²) in [4.78, 5) is 11.7. The molecule has 0 aliphatic carbocycles. The number of pyridine rings is 2. The summed E-state index contributed by atoms with van der Waals surface area (Å²) in [6.07, 6.45) is 3.76. The highest BCUT2D eigenvalue weighted by molar-refractivity contribution is 6.12. The Morgan fingerprint density at radius 1 is 0.475 bits per heavy atom. The van der Waals surface area contributed by atoms with E-state index < -0.39 is 0 Å². The van der Waals surface area contributed by atoms with Crippen molar-refractivity contribution in [3.63, 3.8) is 0 Å². The summed E-state index contributed by atoms with van der Waals surface area (Å²) in [6.45, 7) is 0. The number of hydrogen-bond acceptors (Lipinski definition) is 3. The summed E-state index contributed by atoms with van der Waals surface area (Å²) in [7, 11) is 0. The maximum Gasteiger partial charge on any atom is 0.0887 e. The Labute approximate surface area is 232 Å². The van der Waals surface area contributed by atoms with Crippen molar-refractivity contribution in [3.05, 3.63) is 146 Å². The Balaban J connectivity index is 1.44. The highest BCUT2D eigenvalue weighted by atomic mass is 15.2. The summed E-state index contributed by atoms with van der Waals surface area (Å²) >= 11 is 0. The number of nitrogens with zero attached hydrogens (tertiary/aromatic N) is 4. The monoisotopic (exact) mass is 512 g/mol. The van der Waals surface area contributed by atoms with Crippen molar-refractivity contribution < 1.29 is 0 Å². The van der Waals surface area contributed by atoms with Crippen molar-refractivity contribution in [3.8, 4) is 39.5 Å². The van der Waals surface area contributed by atoms with Crippen molar-refractivity contribution in [1.29, 1.82) is 0 Å². The molecular formula is C36H24N4. The van der Waals surface area contributed by atoms with E-state index >= 15 is 0 Å². The number of para-hydroxylation sites is 4. The topological polar surface area (TPSA) is 34.0 Å². The third-order valence-corrected chi connectivity index (χ3v) is 7.64. The van der Waals surface area contributed by atoms with Gasteiger partial charge in [-0.25, -0.2) is 0 Å². The second-order valence-corrected chi connectivity index (χ2v) is 9.90. The van der Waals surface area contributed by atoms with Crippen LogP contribution < -0.4 is 4.90 Å². The van der Waals surface area contributed by atoms with Gasteiger partial charge in [0.2, 0.25) is 0 Å². The summed E-state index contributed by atoms with van der Waals surface area (Å²) in [6, 6.07) is 46.9. The minimum absolute atomic E-state index is 0.852. The minimum atomic E-state index is 0.852. The van der Waals surface area contributed by atoms with Gasteiger partial charge in [-0.05, 0) is 54.6 Å². The van der Waals surface area contributed by atoms with E-state index in [-0.39, 0.29) is 0 Å². The molecule has 7 aromatic rings.